The summed E-state index contributed by atoms with van der Waals surface area (Å²) in [4.78, 5) is 10.7. The minimum atomic E-state index is -0.348. The van der Waals surface area contributed by atoms with E-state index < -0.39 is 0 Å². The van der Waals surface area contributed by atoms with Crippen molar-refractivity contribution >= 4 is 21.6 Å². The molecule has 0 unspecified atom stereocenters. The number of hydrogen-bond acceptors (Lipinski definition) is 4. The van der Waals surface area contributed by atoms with Crippen LogP contribution in [0.1, 0.15) is 24.2 Å². The quantitative estimate of drug-likeness (QED) is 0.483. The second kappa shape index (κ2) is 5.58. The van der Waals surface area contributed by atoms with Gasteiger partial charge in [-0.2, -0.15) is 5.10 Å². The molecule has 0 saturated carbocycles. The van der Waals surface area contributed by atoms with E-state index in [1.54, 1.807) is 18.5 Å². The zero-order valence-corrected chi connectivity index (χ0v) is 12.8. The van der Waals surface area contributed by atoms with Crippen molar-refractivity contribution in [1.29, 1.82) is 0 Å². The van der Waals surface area contributed by atoms with Crippen LogP contribution < -0.4 is 0 Å². The van der Waals surface area contributed by atoms with Gasteiger partial charge in [0.15, 0.2) is 0 Å². The highest BCUT2D eigenvalue weighted by atomic mass is 79.9. The maximum absolute atomic E-state index is 11.0. The Kier molecular flexibility index (Phi) is 4.25. The van der Waals surface area contributed by atoms with Crippen LogP contribution in [-0.4, -0.2) is 33.2 Å². The van der Waals surface area contributed by atoms with Crippen LogP contribution in [0.15, 0.2) is 0 Å². The third-order valence-corrected chi connectivity index (χ3v) is 5.04. The summed E-state index contributed by atoms with van der Waals surface area (Å²) in [5.74, 6) is 0. The number of aromatic nitrogens is 2. The van der Waals surface area contributed by atoms with E-state index in [0.717, 1.165) is 31.4 Å². The zero-order valence-electron chi connectivity index (χ0n) is 11.2. The van der Waals surface area contributed by atoms with Crippen LogP contribution in [0.5, 0.6) is 0 Å². The molecule has 0 aromatic carbocycles. The standard InChI is InChI=1S/C12H18BrN3O3/c1-9-11(16(17)18)10(2)15(14-9)8-12(7-13)3-5-19-6-4-12/h3-8H2,1-2H3. The molecule has 1 aromatic heterocycles. The Labute approximate surface area is 120 Å². The van der Waals surface area contributed by atoms with Crippen LogP contribution >= 0.6 is 15.9 Å². The van der Waals surface area contributed by atoms with Crippen molar-refractivity contribution in [1.82, 2.24) is 9.78 Å². The lowest BCUT2D eigenvalue weighted by atomic mass is 9.82. The fourth-order valence-corrected chi connectivity index (χ4v) is 3.30. The highest BCUT2D eigenvalue weighted by Gasteiger charge is 2.34. The van der Waals surface area contributed by atoms with E-state index >= 15 is 0 Å². The number of hydrogen-bond donors (Lipinski definition) is 0. The van der Waals surface area contributed by atoms with Gasteiger partial charge in [-0.1, -0.05) is 15.9 Å². The molecule has 1 aliphatic rings. The predicted octanol–water partition coefficient (Wildman–Crippen LogP) is 2.60. The lowest BCUT2D eigenvalue weighted by Gasteiger charge is -2.35. The lowest BCUT2D eigenvalue weighted by Crippen LogP contribution is -2.36. The number of ether oxygens (including phenoxy) is 1. The first-order chi connectivity index (χ1) is 8.99. The molecule has 0 aliphatic carbocycles. The van der Waals surface area contributed by atoms with Gasteiger partial charge >= 0.3 is 5.69 Å². The van der Waals surface area contributed by atoms with Gasteiger partial charge in [-0.3, -0.25) is 14.8 Å². The van der Waals surface area contributed by atoms with Crippen LogP contribution in [0.25, 0.3) is 0 Å². The summed E-state index contributed by atoms with van der Waals surface area (Å²) >= 11 is 3.57. The first kappa shape index (κ1) is 14.5. The SMILES string of the molecule is Cc1nn(CC2(CBr)CCOCC2)c(C)c1[N+](=O)[O-]. The molecule has 0 spiro atoms. The van der Waals surface area contributed by atoms with Gasteiger partial charge in [-0.15, -0.1) is 0 Å². The molecule has 106 valence electrons. The Hall–Kier alpha value is -0.950. The normalized spacial score (nSPS) is 18.5. The molecule has 1 fully saturated rings. The minimum Gasteiger partial charge on any atom is -0.381 e. The van der Waals surface area contributed by atoms with E-state index in [2.05, 4.69) is 21.0 Å². The van der Waals surface area contributed by atoms with Gasteiger partial charge in [-0.25, -0.2) is 0 Å². The molecule has 1 aromatic rings. The molecular formula is C12H18BrN3O3. The maximum Gasteiger partial charge on any atom is 0.312 e. The van der Waals surface area contributed by atoms with Crippen molar-refractivity contribution in [2.75, 3.05) is 18.5 Å². The van der Waals surface area contributed by atoms with Crippen LogP contribution in [0, 0.1) is 29.4 Å². The summed E-state index contributed by atoms with van der Waals surface area (Å²) in [7, 11) is 0. The topological polar surface area (TPSA) is 70.2 Å². The first-order valence-electron chi connectivity index (χ1n) is 6.31. The Morgan fingerprint density at radius 1 is 1.47 bits per heavy atom. The van der Waals surface area contributed by atoms with E-state index in [1.807, 2.05) is 0 Å². The second-order valence-electron chi connectivity index (χ2n) is 5.18. The van der Waals surface area contributed by atoms with Crippen molar-refractivity contribution in [3.8, 4) is 0 Å². The average molecular weight is 332 g/mol. The highest BCUT2D eigenvalue weighted by molar-refractivity contribution is 9.09. The van der Waals surface area contributed by atoms with Gasteiger partial charge in [-0.05, 0) is 26.7 Å². The van der Waals surface area contributed by atoms with E-state index in [0.29, 0.717) is 17.9 Å². The van der Waals surface area contributed by atoms with Crippen molar-refractivity contribution in [3.05, 3.63) is 21.5 Å². The summed E-state index contributed by atoms with van der Waals surface area (Å²) < 4.78 is 7.18. The van der Waals surface area contributed by atoms with E-state index in [4.69, 9.17) is 4.74 Å². The summed E-state index contributed by atoms with van der Waals surface area (Å²) in [5.41, 5.74) is 1.33. The predicted molar refractivity (Wildman–Crippen MR) is 74.6 cm³/mol. The van der Waals surface area contributed by atoms with Gasteiger partial charge in [0, 0.05) is 30.5 Å². The summed E-state index contributed by atoms with van der Waals surface area (Å²) in [6, 6.07) is 0. The Bertz CT molecular complexity index is 481. The molecule has 0 radical (unpaired) electrons. The number of aryl methyl sites for hydroxylation is 1. The molecule has 7 heteroatoms. The van der Waals surface area contributed by atoms with Gasteiger partial charge < -0.3 is 4.74 Å². The van der Waals surface area contributed by atoms with Crippen LogP contribution in [0.3, 0.4) is 0 Å². The maximum atomic E-state index is 11.0. The van der Waals surface area contributed by atoms with Crippen molar-refractivity contribution in [3.63, 3.8) is 0 Å². The largest absolute Gasteiger partial charge is 0.381 e. The molecule has 0 amide bonds. The highest BCUT2D eigenvalue weighted by Crippen LogP contribution is 2.35. The van der Waals surface area contributed by atoms with Crippen molar-refractivity contribution < 1.29 is 9.66 Å². The zero-order chi connectivity index (χ0) is 14.0. The monoisotopic (exact) mass is 331 g/mol. The molecule has 2 rings (SSSR count). The van der Waals surface area contributed by atoms with E-state index in [-0.39, 0.29) is 16.0 Å². The Balaban J connectivity index is 2.27. The molecular weight excluding hydrogens is 314 g/mol. The van der Waals surface area contributed by atoms with Crippen molar-refractivity contribution in [2.24, 2.45) is 5.41 Å². The van der Waals surface area contributed by atoms with Gasteiger partial charge in [0.1, 0.15) is 11.4 Å². The number of nitro groups is 1. The average Bonchev–Trinajstić information content (AvgIpc) is 2.65. The van der Waals surface area contributed by atoms with Gasteiger partial charge in [0.05, 0.1) is 4.92 Å². The minimum absolute atomic E-state index is 0.0787. The van der Waals surface area contributed by atoms with Crippen molar-refractivity contribution in [2.45, 2.75) is 33.2 Å². The second-order valence-corrected chi connectivity index (χ2v) is 5.74. The van der Waals surface area contributed by atoms with E-state index in [1.165, 1.54) is 0 Å². The van der Waals surface area contributed by atoms with Gasteiger partial charge in [0.2, 0.25) is 0 Å². The number of nitrogens with zero attached hydrogens (tertiary/aromatic N) is 3. The number of halogens is 1. The Morgan fingerprint density at radius 3 is 2.58 bits per heavy atom. The molecule has 2 heterocycles. The number of rotatable bonds is 4. The molecule has 6 nitrogen and oxygen atoms in total. The molecule has 0 atom stereocenters. The first-order valence-corrected chi connectivity index (χ1v) is 7.43. The van der Waals surface area contributed by atoms with E-state index in [9.17, 15) is 10.1 Å². The lowest BCUT2D eigenvalue weighted by molar-refractivity contribution is -0.386. The Morgan fingerprint density at radius 2 is 2.11 bits per heavy atom. The smallest absolute Gasteiger partial charge is 0.312 e. The van der Waals surface area contributed by atoms with Crippen LogP contribution in [0.2, 0.25) is 0 Å². The third-order valence-electron chi connectivity index (χ3n) is 3.85. The number of alkyl halides is 1. The summed E-state index contributed by atoms with van der Waals surface area (Å²) in [6.45, 7) is 5.63. The molecule has 1 aliphatic heterocycles. The molecule has 19 heavy (non-hydrogen) atoms. The van der Waals surface area contributed by atoms with Crippen LogP contribution in [-0.2, 0) is 11.3 Å². The molecule has 0 N–H and O–H groups in total. The third kappa shape index (κ3) is 2.81. The summed E-state index contributed by atoms with van der Waals surface area (Å²) in [6.07, 6.45) is 1.90. The fourth-order valence-electron chi connectivity index (χ4n) is 2.56. The molecule has 1 saturated heterocycles. The molecule has 0 bridgehead atoms. The van der Waals surface area contributed by atoms with Gasteiger partial charge in [0.25, 0.3) is 0 Å². The van der Waals surface area contributed by atoms with Crippen LogP contribution in [0.4, 0.5) is 5.69 Å². The summed E-state index contributed by atoms with van der Waals surface area (Å²) in [5, 5.41) is 16.2. The fraction of sp³-hybridized carbons (Fsp3) is 0.750.